The minimum atomic E-state index is -3.22. The number of sulfonamides is 1. The van der Waals surface area contributed by atoms with Gasteiger partial charge < -0.3 is 0 Å². The molecule has 0 bridgehead atoms. The van der Waals surface area contributed by atoms with E-state index < -0.39 is 10.0 Å². The van der Waals surface area contributed by atoms with Crippen molar-refractivity contribution in [1.82, 2.24) is 4.98 Å². The Morgan fingerprint density at radius 1 is 1.54 bits per heavy atom. The molecule has 0 amide bonds. The molecule has 0 aliphatic carbocycles. The first-order valence-corrected chi connectivity index (χ1v) is 5.55. The monoisotopic (exact) mass is 199 g/mol. The van der Waals surface area contributed by atoms with Gasteiger partial charge in [-0.1, -0.05) is 0 Å². The van der Waals surface area contributed by atoms with E-state index in [0.717, 1.165) is 10.6 Å². The molecular weight excluding hydrogens is 188 g/mol. The van der Waals surface area contributed by atoms with E-state index in [1.807, 2.05) is 0 Å². The largest absolute Gasteiger partial charge is 0.271 e. The number of hydrogen-bond donors (Lipinski definition) is 0. The molecule has 13 heavy (non-hydrogen) atoms. The summed E-state index contributed by atoms with van der Waals surface area (Å²) in [6.45, 7) is 1.74. The summed E-state index contributed by atoms with van der Waals surface area (Å²) in [5.41, 5.74) is 1.14. The van der Waals surface area contributed by atoms with E-state index in [-0.39, 0.29) is 0 Å². The molecule has 1 radical (unpaired) electrons. The SMILES string of the molecule is Cc1ncc[c]c1N(C)S(C)(=O)=O. The van der Waals surface area contributed by atoms with Crippen molar-refractivity contribution in [3.63, 3.8) is 0 Å². The molecular formula is C8H11N2O2S. The maximum Gasteiger partial charge on any atom is 0.232 e. The van der Waals surface area contributed by atoms with E-state index >= 15 is 0 Å². The Labute approximate surface area is 78.3 Å². The third-order valence-electron chi connectivity index (χ3n) is 1.72. The van der Waals surface area contributed by atoms with E-state index in [4.69, 9.17) is 0 Å². The van der Waals surface area contributed by atoms with Gasteiger partial charge in [0.1, 0.15) is 0 Å². The van der Waals surface area contributed by atoms with E-state index in [1.54, 1.807) is 19.2 Å². The number of anilines is 1. The van der Waals surface area contributed by atoms with Crippen LogP contribution >= 0.6 is 0 Å². The maximum atomic E-state index is 11.2. The third-order valence-corrected chi connectivity index (χ3v) is 2.90. The molecule has 0 fully saturated rings. The van der Waals surface area contributed by atoms with Crippen LogP contribution in [0.4, 0.5) is 5.69 Å². The Morgan fingerprint density at radius 3 is 2.62 bits per heavy atom. The van der Waals surface area contributed by atoms with Crippen molar-refractivity contribution in [3.05, 3.63) is 24.0 Å². The second-order valence-electron chi connectivity index (χ2n) is 2.75. The molecule has 0 aliphatic heterocycles. The molecule has 71 valence electrons. The van der Waals surface area contributed by atoms with Gasteiger partial charge in [-0.25, -0.2) is 8.42 Å². The Hall–Kier alpha value is -1.10. The highest BCUT2D eigenvalue weighted by atomic mass is 32.2. The summed E-state index contributed by atoms with van der Waals surface area (Å²) in [5.74, 6) is 0. The lowest BCUT2D eigenvalue weighted by molar-refractivity contribution is 0.600. The lowest BCUT2D eigenvalue weighted by Gasteiger charge is -2.17. The van der Waals surface area contributed by atoms with Gasteiger partial charge in [-0.2, -0.15) is 0 Å². The number of aromatic nitrogens is 1. The molecule has 1 aromatic rings. The lowest BCUT2D eigenvalue weighted by atomic mass is 10.3. The fourth-order valence-electron chi connectivity index (χ4n) is 0.915. The van der Waals surface area contributed by atoms with Crippen LogP contribution in [0.5, 0.6) is 0 Å². The predicted octanol–water partition coefficient (Wildman–Crippen LogP) is 0.586. The molecule has 1 heterocycles. The summed E-state index contributed by atoms with van der Waals surface area (Å²) in [4.78, 5) is 3.98. The zero-order chi connectivity index (χ0) is 10.1. The van der Waals surface area contributed by atoms with Crippen LogP contribution in [0.2, 0.25) is 0 Å². The van der Waals surface area contributed by atoms with Gasteiger partial charge in [0.2, 0.25) is 10.0 Å². The van der Waals surface area contributed by atoms with Gasteiger partial charge in [0, 0.05) is 19.3 Å². The molecule has 0 N–H and O–H groups in total. The minimum Gasteiger partial charge on any atom is -0.271 e. The number of hydrogen-bond acceptors (Lipinski definition) is 3. The van der Waals surface area contributed by atoms with Gasteiger partial charge in [0.25, 0.3) is 0 Å². The fraction of sp³-hybridized carbons (Fsp3) is 0.375. The molecule has 0 unspecified atom stereocenters. The number of pyridine rings is 1. The smallest absolute Gasteiger partial charge is 0.232 e. The highest BCUT2D eigenvalue weighted by Crippen LogP contribution is 2.16. The summed E-state index contributed by atoms with van der Waals surface area (Å²) in [7, 11) is -1.73. The zero-order valence-corrected chi connectivity index (χ0v) is 8.59. The van der Waals surface area contributed by atoms with Crippen LogP contribution in [-0.2, 0) is 10.0 Å². The van der Waals surface area contributed by atoms with Gasteiger partial charge in [-0.3, -0.25) is 9.29 Å². The van der Waals surface area contributed by atoms with Crippen LogP contribution in [0.3, 0.4) is 0 Å². The molecule has 1 rings (SSSR count). The van der Waals surface area contributed by atoms with E-state index in [9.17, 15) is 8.42 Å². The first kappa shape index (κ1) is 9.98. The van der Waals surface area contributed by atoms with Crippen LogP contribution in [0.1, 0.15) is 5.69 Å². The van der Waals surface area contributed by atoms with Crippen LogP contribution in [-0.4, -0.2) is 26.7 Å². The second kappa shape index (κ2) is 3.33. The first-order chi connectivity index (χ1) is 5.93. The summed E-state index contributed by atoms with van der Waals surface area (Å²) >= 11 is 0. The van der Waals surface area contributed by atoms with Gasteiger partial charge in [-0.15, -0.1) is 0 Å². The van der Waals surface area contributed by atoms with Crippen molar-refractivity contribution in [1.29, 1.82) is 0 Å². The second-order valence-corrected chi connectivity index (χ2v) is 4.77. The molecule has 0 saturated heterocycles. The van der Waals surface area contributed by atoms with Crippen LogP contribution in [0.25, 0.3) is 0 Å². The molecule has 0 spiro atoms. The summed E-state index contributed by atoms with van der Waals surface area (Å²) in [6, 6.07) is 4.41. The highest BCUT2D eigenvalue weighted by Gasteiger charge is 2.13. The molecule has 0 aromatic carbocycles. The lowest BCUT2D eigenvalue weighted by Crippen LogP contribution is -2.25. The first-order valence-electron chi connectivity index (χ1n) is 3.70. The van der Waals surface area contributed by atoms with E-state index in [1.165, 1.54) is 7.05 Å². The molecule has 0 aliphatic rings. The molecule has 0 saturated carbocycles. The number of nitrogens with zero attached hydrogens (tertiary/aromatic N) is 2. The third kappa shape index (κ3) is 2.18. The number of aryl methyl sites for hydroxylation is 1. The van der Waals surface area contributed by atoms with Gasteiger partial charge >= 0.3 is 0 Å². The Bertz CT molecular complexity index is 400. The molecule has 5 heteroatoms. The van der Waals surface area contributed by atoms with Gasteiger partial charge in [0.05, 0.1) is 17.6 Å². The van der Waals surface area contributed by atoms with Crippen molar-refractivity contribution < 1.29 is 8.42 Å². The van der Waals surface area contributed by atoms with Crippen LogP contribution in [0, 0.1) is 13.0 Å². The Balaban J connectivity index is 3.17. The van der Waals surface area contributed by atoms with Gasteiger partial charge in [0.15, 0.2) is 0 Å². The Morgan fingerprint density at radius 2 is 2.15 bits per heavy atom. The minimum absolute atomic E-state index is 0.491. The molecule has 4 nitrogen and oxygen atoms in total. The van der Waals surface area contributed by atoms with Crippen molar-refractivity contribution in [2.75, 3.05) is 17.6 Å². The van der Waals surface area contributed by atoms with Crippen molar-refractivity contribution >= 4 is 15.7 Å². The highest BCUT2D eigenvalue weighted by molar-refractivity contribution is 7.92. The maximum absolute atomic E-state index is 11.2. The number of rotatable bonds is 2. The van der Waals surface area contributed by atoms with E-state index in [0.29, 0.717) is 11.4 Å². The average Bonchev–Trinajstić information content (AvgIpc) is 2.02. The summed E-state index contributed by atoms with van der Waals surface area (Å²) in [6.07, 6.45) is 2.72. The van der Waals surface area contributed by atoms with Gasteiger partial charge in [-0.05, 0) is 13.0 Å². The fourth-order valence-corrected chi connectivity index (χ4v) is 1.43. The summed E-state index contributed by atoms with van der Waals surface area (Å²) < 4.78 is 23.5. The quantitative estimate of drug-likeness (QED) is 0.700. The van der Waals surface area contributed by atoms with Crippen LogP contribution < -0.4 is 4.31 Å². The van der Waals surface area contributed by atoms with Crippen molar-refractivity contribution in [2.24, 2.45) is 0 Å². The topological polar surface area (TPSA) is 50.3 Å². The van der Waals surface area contributed by atoms with Crippen LogP contribution in [0.15, 0.2) is 12.3 Å². The predicted molar refractivity (Wildman–Crippen MR) is 51.1 cm³/mol. The Kier molecular flexibility index (Phi) is 2.56. The molecule has 0 atom stereocenters. The van der Waals surface area contributed by atoms with E-state index in [2.05, 4.69) is 11.1 Å². The standard InChI is InChI=1S/C8H11N2O2S/c1-7-8(5-4-6-9-7)10(2)13(3,11)12/h4,6H,1-3H3. The summed E-state index contributed by atoms with van der Waals surface area (Å²) in [5, 5.41) is 0. The normalized spacial score (nSPS) is 11.3. The molecule has 1 aromatic heterocycles. The van der Waals surface area contributed by atoms with Crippen molar-refractivity contribution in [3.8, 4) is 0 Å². The average molecular weight is 199 g/mol. The van der Waals surface area contributed by atoms with Crippen molar-refractivity contribution in [2.45, 2.75) is 6.92 Å². The zero-order valence-electron chi connectivity index (χ0n) is 7.77.